The smallest absolute Gasteiger partial charge is 0.122 e. The van der Waals surface area contributed by atoms with E-state index in [1.165, 1.54) is 16.7 Å². The van der Waals surface area contributed by atoms with Crippen LogP contribution in [0.2, 0.25) is 0 Å². The Labute approximate surface area is 113 Å². The van der Waals surface area contributed by atoms with Gasteiger partial charge in [-0.2, -0.15) is 0 Å². The fourth-order valence-corrected chi connectivity index (χ4v) is 2.58. The first-order chi connectivity index (χ1) is 9.25. The largest absolute Gasteiger partial charge is 0.493 e. The van der Waals surface area contributed by atoms with Gasteiger partial charge in [-0.15, -0.1) is 0 Å². The van der Waals surface area contributed by atoms with E-state index in [1.807, 2.05) is 30.6 Å². The summed E-state index contributed by atoms with van der Waals surface area (Å²) >= 11 is 0. The maximum absolute atomic E-state index is 6.40. The Morgan fingerprint density at radius 1 is 1.16 bits per heavy atom. The Morgan fingerprint density at radius 3 is 2.74 bits per heavy atom. The average Bonchev–Trinajstić information content (AvgIpc) is 2.94. The maximum atomic E-state index is 6.40. The van der Waals surface area contributed by atoms with Crippen LogP contribution < -0.4 is 10.5 Å². The SMILES string of the molecule is CC(c1ccncc1)C(N)c1ccc2c(c1)CCO2. The molecule has 0 spiro atoms. The van der Waals surface area contributed by atoms with Crippen LogP contribution in [-0.2, 0) is 6.42 Å². The molecule has 19 heavy (non-hydrogen) atoms. The van der Waals surface area contributed by atoms with E-state index in [4.69, 9.17) is 10.5 Å². The second-order valence-corrected chi connectivity index (χ2v) is 5.06. The van der Waals surface area contributed by atoms with E-state index in [1.54, 1.807) is 0 Å². The minimum atomic E-state index is -0.00620. The van der Waals surface area contributed by atoms with E-state index in [0.717, 1.165) is 18.8 Å². The van der Waals surface area contributed by atoms with Crippen molar-refractivity contribution < 1.29 is 4.74 Å². The number of ether oxygens (including phenoxy) is 1. The summed E-state index contributed by atoms with van der Waals surface area (Å²) in [5.74, 6) is 1.27. The van der Waals surface area contributed by atoms with Gasteiger partial charge in [-0.3, -0.25) is 4.98 Å². The third kappa shape index (κ3) is 2.34. The molecule has 3 nitrogen and oxygen atoms in total. The van der Waals surface area contributed by atoms with Crippen LogP contribution in [0, 0.1) is 0 Å². The van der Waals surface area contributed by atoms with Gasteiger partial charge in [0.2, 0.25) is 0 Å². The Hall–Kier alpha value is -1.87. The Balaban J connectivity index is 1.86. The number of fused-ring (bicyclic) bond motifs is 1. The number of nitrogens with zero attached hydrogens (tertiary/aromatic N) is 1. The molecule has 2 unspecified atom stereocenters. The highest BCUT2D eigenvalue weighted by Gasteiger charge is 2.19. The molecule has 1 aromatic heterocycles. The molecule has 1 aliphatic rings. The van der Waals surface area contributed by atoms with Crippen molar-refractivity contribution >= 4 is 0 Å². The van der Waals surface area contributed by atoms with E-state index >= 15 is 0 Å². The van der Waals surface area contributed by atoms with Crippen LogP contribution in [0.4, 0.5) is 0 Å². The number of pyridine rings is 1. The Kier molecular flexibility index (Phi) is 3.22. The van der Waals surface area contributed by atoms with Gasteiger partial charge >= 0.3 is 0 Å². The highest BCUT2D eigenvalue weighted by molar-refractivity contribution is 5.41. The second-order valence-electron chi connectivity index (χ2n) is 5.06. The average molecular weight is 254 g/mol. The molecule has 2 heterocycles. The van der Waals surface area contributed by atoms with Gasteiger partial charge in [0.25, 0.3) is 0 Å². The van der Waals surface area contributed by atoms with E-state index in [0.29, 0.717) is 0 Å². The summed E-state index contributed by atoms with van der Waals surface area (Å²) in [7, 11) is 0. The summed E-state index contributed by atoms with van der Waals surface area (Å²) in [6.07, 6.45) is 4.61. The zero-order chi connectivity index (χ0) is 13.2. The first kappa shape index (κ1) is 12.2. The molecule has 0 amide bonds. The van der Waals surface area contributed by atoms with Crippen LogP contribution in [0.15, 0.2) is 42.7 Å². The molecule has 0 saturated carbocycles. The molecule has 3 heteroatoms. The zero-order valence-corrected chi connectivity index (χ0v) is 11.0. The third-order valence-electron chi connectivity index (χ3n) is 3.87. The quantitative estimate of drug-likeness (QED) is 0.916. The summed E-state index contributed by atoms with van der Waals surface area (Å²) in [5.41, 5.74) is 10.1. The number of benzene rings is 1. The van der Waals surface area contributed by atoms with Crippen molar-refractivity contribution in [1.82, 2.24) is 4.98 Å². The molecular formula is C16H18N2O. The maximum Gasteiger partial charge on any atom is 0.122 e. The molecule has 0 fully saturated rings. The fourth-order valence-electron chi connectivity index (χ4n) is 2.58. The van der Waals surface area contributed by atoms with Crippen molar-refractivity contribution in [2.24, 2.45) is 5.73 Å². The molecule has 2 atom stereocenters. The molecule has 2 aromatic rings. The molecule has 2 N–H and O–H groups in total. The minimum Gasteiger partial charge on any atom is -0.493 e. The van der Waals surface area contributed by atoms with Gasteiger partial charge in [-0.1, -0.05) is 19.1 Å². The van der Waals surface area contributed by atoms with E-state index in [2.05, 4.69) is 24.0 Å². The van der Waals surface area contributed by atoms with Crippen molar-refractivity contribution in [3.8, 4) is 5.75 Å². The standard InChI is InChI=1S/C16H18N2O/c1-11(12-4-7-18-8-5-12)16(17)14-2-3-15-13(10-14)6-9-19-15/h2-5,7-8,10-11,16H,6,9,17H2,1H3. The number of hydrogen-bond acceptors (Lipinski definition) is 3. The van der Waals surface area contributed by atoms with Gasteiger partial charge in [-0.05, 0) is 34.9 Å². The first-order valence-electron chi connectivity index (χ1n) is 6.67. The fraction of sp³-hybridized carbons (Fsp3) is 0.312. The summed E-state index contributed by atoms with van der Waals surface area (Å²) < 4.78 is 5.53. The van der Waals surface area contributed by atoms with E-state index < -0.39 is 0 Å². The second kappa shape index (κ2) is 5.02. The molecule has 1 aromatic carbocycles. The van der Waals surface area contributed by atoms with Crippen molar-refractivity contribution in [2.75, 3.05) is 6.61 Å². The van der Waals surface area contributed by atoms with Gasteiger partial charge in [0, 0.05) is 30.8 Å². The van der Waals surface area contributed by atoms with E-state index in [-0.39, 0.29) is 12.0 Å². The van der Waals surface area contributed by atoms with Crippen molar-refractivity contribution in [3.05, 3.63) is 59.4 Å². The third-order valence-corrected chi connectivity index (χ3v) is 3.87. The normalized spacial score (nSPS) is 16.5. The van der Waals surface area contributed by atoms with Crippen LogP contribution in [0.1, 0.15) is 35.6 Å². The molecule has 3 rings (SSSR count). The monoisotopic (exact) mass is 254 g/mol. The predicted molar refractivity (Wildman–Crippen MR) is 75.2 cm³/mol. The summed E-state index contributed by atoms with van der Waals surface area (Å²) in [6, 6.07) is 10.4. The molecular weight excluding hydrogens is 236 g/mol. The number of aromatic nitrogens is 1. The Morgan fingerprint density at radius 2 is 1.95 bits per heavy atom. The highest BCUT2D eigenvalue weighted by Crippen LogP contribution is 2.32. The van der Waals surface area contributed by atoms with Crippen LogP contribution in [0.3, 0.4) is 0 Å². The van der Waals surface area contributed by atoms with Crippen LogP contribution in [0.25, 0.3) is 0 Å². The summed E-state index contributed by atoms with van der Waals surface area (Å²) in [4.78, 5) is 4.05. The predicted octanol–water partition coefficient (Wildman–Crippen LogP) is 2.82. The van der Waals surface area contributed by atoms with Crippen LogP contribution in [0.5, 0.6) is 5.75 Å². The van der Waals surface area contributed by atoms with Gasteiger partial charge in [0.1, 0.15) is 5.75 Å². The number of rotatable bonds is 3. The lowest BCUT2D eigenvalue weighted by Gasteiger charge is -2.21. The van der Waals surface area contributed by atoms with Gasteiger partial charge in [0.15, 0.2) is 0 Å². The van der Waals surface area contributed by atoms with Crippen molar-refractivity contribution in [2.45, 2.75) is 25.3 Å². The van der Waals surface area contributed by atoms with Crippen LogP contribution in [-0.4, -0.2) is 11.6 Å². The highest BCUT2D eigenvalue weighted by atomic mass is 16.5. The lowest BCUT2D eigenvalue weighted by Crippen LogP contribution is -2.17. The molecule has 0 saturated heterocycles. The molecule has 0 radical (unpaired) electrons. The minimum absolute atomic E-state index is 0.00620. The van der Waals surface area contributed by atoms with Gasteiger partial charge in [0.05, 0.1) is 6.61 Å². The lowest BCUT2D eigenvalue weighted by atomic mass is 9.89. The first-order valence-corrected chi connectivity index (χ1v) is 6.67. The van der Waals surface area contributed by atoms with E-state index in [9.17, 15) is 0 Å². The topological polar surface area (TPSA) is 48.1 Å². The van der Waals surface area contributed by atoms with Crippen molar-refractivity contribution in [1.29, 1.82) is 0 Å². The van der Waals surface area contributed by atoms with Crippen molar-refractivity contribution in [3.63, 3.8) is 0 Å². The summed E-state index contributed by atoms with van der Waals surface area (Å²) in [6.45, 7) is 2.94. The lowest BCUT2D eigenvalue weighted by molar-refractivity contribution is 0.356. The van der Waals surface area contributed by atoms with Gasteiger partial charge < -0.3 is 10.5 Å². The zero-order valence-electron chi connectivity index (χ0n) is 11.0. The molecule has 98 valence electrons. The number of nitrogens with two attached hydrogens (primary N) is 1. The molecule has 1 aliphatic heterocycles. The van der Waals surface area contributed by atoms with Gasteiger partial charge in [-0.25, -0.2) is 0 Å². The van der Waals surface area contributed by atoms with Crippen LogP contribution >= 0.6 is 0 Å². The number of hydrogen-bond donors (Lipinski definition) is 1. The molecule has 0 bridgehead atoms. The summed E-state index contributed by atoms with van der Waals surface area (Å²) in [5, 5.41) is 0. The Bertz CT molecular complexity index is 568. The molecule has 0 aliphatic carbocycles.